The van der Waals surface area contributed by atoms with E-state index >= 15 is 0 Å². The minimum Gasteiger partial charge on any atom is -0.362 e. The summed E-state index contributed by atoms with van der Waals surface area (Å²) in [5, 5.41) is 9.82. The lowest BCUT2D eigenvalue weighted by molar-refractivity contribution is 0.102. The number of benzene rings is 1. The number of para-hydroxylation sites is 2. The van der Waals surface area contributed by atoms with E-state index in [1.54, 1.807) is 6.20 Å². The molecular weight excluding hydrogens is 304 g/mol. The van der Waals surface area contributed by atoms with Gasteiger partial charge in [-0.2, -0.15) is 5.10 Å². The fourth-order valence-corrected chi connectivity index (χ4v) is 2.78. The van der Waals surface area contributed by atoms with Gasteiger partial charge in [-0.1, -0.05) is 12.1 Å². The third-order valence-corrected chi connectivity index (χ3v) is 3.91. The van der Waals surface area contributed by atoms with Crippen LogP contribution in [0.3, 0.4) is 0 Å². The van der Waals surface area contributed by atoms with Crippen molar-refractivity contribution in [3.05, 3.63) is 53.5 Å². The number of aromatic amines is 3. The van der Waals surface area contributed by atoms with Gasteiger partial charge in [-0.05, 0) is 32.0 Å². The molecule has 0 bridgehead atoms. The molecule has 7 nitrogen and oxygen atoms in total. The minimum absolute atomic E-state index is 0.185. The molecule has 0 aliphatic heterocycles. The van der Waals surface area contributed by atoms with Gasteiger partial charge in [0.05, 0.1) is 28.5 Å². The van der Waals surface area contributed by atoms with Crippen molar-refractivity contribution in [2.75, 3.05) is 5.32 Å². The van der Waals surface area contributed by atoms with Gasteiger partial charge < -0.3 is 15.3 Å². The molecule has 4 aromatic rings. The molecule has 0 unspecified atom stereocenters. The normalized spacial score (nSPS) is 11.1. The maximum absolute atomic E-state index is 12.5. The Labute approximate surface area is 137 Å². The van der Waals surface area contributed by atoms with Crippen LogP contribution >= 0.6 is 0 Å². The first-order chi connectivity index (χ1) is 11.6. The van der Waals surface area contributed by atoms with E-state index in [0.717, 1.165) is 22.4 Å². The molecule has 0 saturated carbocycles. The first-order valence-electron chi connectivity index (χ1n) is 7.58. The van der Waals surface area contributed by atoms with Crippen LogP contribution in [-0.2, 0) is 0 Å². The number of nitrogens with one attached hydrogen (secondary N) is 4. The van der Waals surface area contributed by atoms with Gasteiger partial charge >= 0.3 is 0 Å². The summed E-state index contributed by atoms with van der Waals surface area (Å²) in [6.45, 7) is 3.79. The van der Waals surface area contributed by atoms with E-state index in [9.17, 15) is 4.79 Å². The Kier molecular flexibility index (Phi) is 3.19. The number of fused-ring (bicyclic) bond motifs is 1. The lowest BCUT2D eigenvalue weighted by atomic mass is 10.2. The van der Waals surface area contributed by atoms with Crippen molar-refractivity contribution in [2.45, 2.75) is 13.8 Å². The highest BCUT2D eigenvalue weighted by Crippen LogP contribution is 2.26. The monoisotopic (exact) mass is 320 g/mol. The van der Waals surface area contributed by atoms with Crippen molar-refractivity contribution in [1.82, 2.24) is 25.1 Å². The molecule has 24 heavy (non-hydrogen) atoms. The Morgan fingerprint density at radius 1 is 1.17 bits per heavy atom. The highest BCUT2D eigenvalue weighted by atomic mass is 16.1. The summed E-state index contributed by atoms with van der Waals surface area (Å²) in [4.78, 5) is 23.4. The Hall–Kier alpha value is -3.35. The second kappa shape index (κ2) is 5.38. The summed E-state index contributed by atoms with van der Waals surface area (Å²) in [6, 6.07) is 9.57. The molecule has 3 heterocycles. The Bertz CT molecular complexity index is 1010. The van der Waals surface area contributed by atoms with E-state index in [1.165, 1.54) is 0 Å². The maximum atomic E-state index is 12.5. The smallest absolute Gasteiger partial charge is 0.257 e. The molecule has 0 aliphatic carbocycles. The average Bonchev–Trinajstić information content (AvgIpc) is 3.24. The van der Waals surface area contributed by atoms with Crippen LogP contribution < -0.4 is 5.32 Å². The predicted octanol–water partition coefficient (Wildman–Crippen LogP) is 3.15. The average molecular weight is 320 g/mol. The number of anilines is 1. The number of rotatable bonds is 3. The van der Waals surface area contributed by atoms with Gasteiger partial charge in [0.1, 0.15) is 5.69 Å². The van der Waals surface area contributed by atoms with Gasteiger partial charge in [-0.3, -0.25) is 9.89 Å². The minimum atomic E-state index is -0.185. The standard InChI is InChI=1S/C17H16N6O/c1-9-7-11(10(2)19-9)17(24)22-14-8-18-23-15(14)16-20-12-5-3-4-6-13(12)21-16/h3-8,19H,1-2H3,(H,18,23)(H,20,21)(H,22,24). The van der Waals surface area contributed by atoms with Gasteiger partial charge in [-0.25, -0.2) is 4.98 Å². The molecular formula is C17H16N6O. The molecule has 1 aromatic carbocycles. The summed E-state index contributed by atoms with van der Waals surface area (Å²) in [5.74, 6) is 0.446. The highest BCUT2D eigenvalue weighted by Gasteiger charge is 2.17. The number of aromatic nitrogens is 5. The first-order valence-corrected chi connectivity index (χ1v) is 7.58. The number of hydrogen-bond acceptors (Lipinski definition) is 3. The lowest BCUT2D eigenvalue weighted by Crippen LogP contribution is -2.12. The zero-order chi connectivity index (χ0) is 16.7. The highest BCUT2D eigenvalue weighted by molar-refractivity contribution is 6.06. The molecule has 120 valence electrons. The van der Waals surface area contributed by atoms with Crippen LogP contribution in [0, 0.1) is 13.8 Å². The van der Waals surface area contributed by atoms with Crippen LogP contribution in [0.15, 0.2) is 36.5 Å². The number of aryl methyl sites for hydroxylation is 2. The fourth-order valence-electron chi connectivity index (χ4n) is 2.78. The zero-order valence-electron chi connectivity index (χ0n) is 13.3. The Morgan fingerprint density at radius 3 is 2.75 bits per heavy atom. The number of nitrogens with zero attached hydrogens (tertiary/aromatic N) is 2. The predicted molar refractivity (Wildman–Crippen MR) is 91.9 cm³/mol. The van der Waals surface area contributed by atoms with E-state index in [1.807, 2.05) is 44.2 Å². The Balaban J connectivity index is 1.67. The summed E-state index contributed by atoms with van der Waals surface area (Å²) in [7, 11) is 0. The van der Waals surface area contributed by atoms with E-state index < -0.39 is 0 Å². The van der Waals surface area contributed by atoms with E-state index in [0.29, 0.717) is 22.8 Å². The van der Waals surface area contributed by atoms with Gasteiger partial charge in [0, 0.05) is 11.4 Å². The number of imidazole rings is 1. The molecule has 0 aliphatic rings. The van der Waals surface area contributed by atoms with Crippen LogP contribution in [0.1, 0.15) is 21.7 Å². The van der Waals surface area contributed by atoms with Crippen LogP contribution in [0.25, 0.3) is 22.6 Å². The number of carbonyl (C=O) groups is 1. The maximum Gasteiger partial charge on any atom is 0.257 e. The molecule has 0 saturated heterocycles. The van der Waals surface area contributed by atoms with Crippen molar-refractivity contribution in [2.24, 2.45) is 0 Å². The third-order valence-electron chi connectivity index (χ3n) is 3.91. The largest absolute Gasteiger partial charge is 0.362 e. The number of carbonyl (C=O) groups excluding carboxylic acids is 1. The van der Waals surface area contributed by atoms with Gasteiger partial charge in [0.15, 0.2) is 5.82 Å². The second-order valence-electron chi connectivity index (χ2n) is 5.71. The quantitative estimate of drug-likeness (QED) is 0.466. The fraction of sp³-hybridized carbons (Fsp3) is 0.118. The van der Waals surface area contributed by atoms with E-state index in [-0.39, 0.29) is 5.91 Å². The van der Waals surface area contributed by atoms with Crippen LogP contribution in [-0.4, -0.2) is 31.1 Å². The summed E-state index contributed by atoms with van der Waals surface area (Å²) in [6.07, 6.45) is 1.58. The molecule has 3 aromatic heterocycles. The van der Waals surface area contributed by atoms with Crippen molar-refractivity contribution in [1.29, 1.82) is 0 Å². The molecule has 0 spiro atoms. The molecule has 1 amide bonds. The molecule has 4 N–H and O–H groups in total. The Morgan fingerprint density at radius 2 is 2.00 bits per heavy atom. The second-order valence-corrected chi connectivity index (χ2v) is 5.71. The lowest BCUT2D eigenvalue weighted by Gasteiger charge is -2.04. The summed E-state index contributed by atoms with van der Waals surface area (Å²) >= 11 is 0. The van der Waals surface area contributed by atoms with Crippen LogP contribution in [0.2, 0.25) is 0 Å². The van der Waals surface area contributed by atoms with E-state index in [4.69, 9.17) is 0 Å². The SMILES string of the molecule is Cc1cc(C(=O)Nc2cn[nH]c2-c2nc3ccccc3[nH]2)c(C)[nH]1. The van der Waals surface area contributed by atoms with Crippen molar-refractivity contribution in [3.8, 4) is 11.5 Å². The van der Waals surface area contributed by atoms with Crippen molar-refractivity contribution >= 4 is 22.6 Å². The van der Waals surface area contributed by atoms with E-state index in [2.05, 4.69) is 30.5 Å². The molecule has 0 atom stereocenters. The topological polar surface area (TPSA) is 102 Å². The van der Waals surface area contributed by atoms with Crippen LogP contribution in [0.5, 0.6) is 0 Å². The zero-order valence-corrected chi connectivity index (χ0v) is 13.3. The third kappa shape index (κ3) is 2.36. The van der Waals surface area contributed by atoms with Gasteiger partial charge in [0.25, 0.3) is 5.91 Å². The number of hydrogen-bond donors (Lipinski definition) is 4. The van der Waals surface area contributed by atoms with Crippen molar-refractivity contribution in [3.63, 3.8) is 0 Å². The summed E-state index contributed by atoms with van der Waals surface area (Å²) < 4.78 is 0. The van der Waals surface area contributed by atoms with Gasteiger partial charge in [-0.15, -0.1) is 0 Å². The molecule has 0 fully saturated rings. The van der Waals surface area contributed by atoms with Crippen LogP contribution in [0.4, 0.5) is 5.69 Å². The van der Waals surface area contributed by atoms with Crippen molar-refractivity contribution < 1.29 is 4.79 Å². The number of amides is 1. The van der Waals surface area contributed by atoms with Gasteiger partial charge in [0.2, 0.25) is 0 Å². The summed E-state index contributed by atoms with van der Waals surface area (Å²) in [5.41, 5.74) is 5.40. The molecule has 4 rings (SSSR count). The number of H-pyrrole nitrogens is 3. The molecule has 0 radical (unpaired) electrons. The first kappa shape index (κ1) is 14.3. The molecule has 7 heteroatoms.